The van der Waals surface area contributed by atoms with Crippen LogP contribution in [0.1, 0.15) is 66.7 Å². The molecule has 0 saturated carbocycles. The van der Waals surface area contributed by atoms with Crippen molar-refractivity contribution in [3.63, 3.8) is 0 Å². The van der Waals surface area contributed by atoms with Crippen LogP contribution < -0.4 is 0 Å². The number of ketones is 2. The fourth-order valence-electron chi connectivity index (χ4n) is 2.83. The SMILES string of the molecule is CC(C)=CCC/C(C)=C\C(=O)C(=O)C(C)C1CC=C(C)CC1. The zero-order valence-electron chi connectivity index (χ0n) is 14.7. The van der Waals surface area contributed by atoms with Gasteiger partial charge in [0.1, 0.15) is 0 Å². The number of hydrogen-bond donors (Lipinski definition) is 0. The van der Waals surface area contributed by atoms with Gasteiger partial charge in [0.25, 0.3) is 0 Å². The molecule has 0 N–H and O–H groups in total. The average Bonchev–Trinajstić information content (AvgIpc) is 2.46. The van der Waals surface area contributed by atoms with Crippen LogP contribution in [0.25, 0.3) is 0 Å². The van der Waals surface area contributed by atoms with Crippen molar-refractivity contribution in [2.75, 3.05) is 0 Å². The molecular formula is C20H30O2. The standard InChI is InChI=1S/C20H30O2/c1-14(2)7-6-8-16(4)13-19(21)20(22)17(5)18-11-9-15(3)10-12-18/h7,9,13,17-18H,6,8,10-12H2,1-5H3/b16-13-. The summed E-state index contributed by atoms with van der Waals surface area (Å²) < 4.78 is 0. The lowest BCUT2D eigenvalue weighted by atomic mass is 9.79. The quantitative estimate of drug-likeness (QED) is 0.368. The highest BCUT2D eigenvalue weighted by Crippen LogP contribution is 2.29. The molecule has 2 heteroatoms. The zero-order valence-corrected chi connectivity index (χ0v) is 14.7. The second-order valence-electron chi connectivity index (χ2n) is 6.91. The summed E-state index contributed by atoms with van der Waals surface area (Å²) in [4.78, 5) is 24.5. The molecule has 2 nitrogen and oxygen atoms in total. The molecule has 0 spiro atoms. The molecule has 2 unspecified atom stereocenters. The van der Waals surface area contributed by atoms with Crippen molar-refractivity contribution in [2.45, 2.75) is 66.7 Å². The highest BCUT2D eigenvalue weighted by Gasteiger charge is 2.28. The van der Waals surface area contributed by atoms with Gasteiger partial charge in [0, 0.05) is 5.92 Å². The van der Waals surface area contributed by atoms with Crippen LogP contribution in [-0.2, 0) is 9.59 Å². The van der Waals surface area contributed by atoms with Crippen LogP contribution in [0.15, 0.2) is 34.9 Å². The van der Waals surface area contributed by atoms with Crippen LogP contribution in [0.4, 0.5) is 0 Å². The normalized spacial score (nSPS) is 20.1. The van der Waals surface area contributed by atoms with Crippen molar-refractivity contribution in [2.24, 2.45) is 11.8 Å². The molecule has 2 atom stereocenters. The molecule has 0 bridgehead atoms. The maximum Gasteiger partial charge on any atom is 0.221 e. The topological polar surface area (TPSA) is 34.1 Å². The van der Waals surface area contributed by atoms with E-state index >= 15 is 0 Å². The summed E-state index contributed by atoms with van der Waals surface area (Å²) in [6.07, 6.45) is 10.7. The van der Waals surface area contributed by atoms with Crippen molar-refractivity contribution in [3.8, 4) is 0 Å². The van der Waals surface area contributed by atoms with E-state index in [0.717, 1.165) is 37.7 Å². The van der Waals surface area contributed by atoms with Crippen LogP contribution in [0.3, 0.4) is 0 Å². The molecular weight excluding hydrogens is 272 g/mol. The number of carbonyl (C=O) groups is 2. The maximum absolute atomic E-state index is 12.3. The van der Waals surface area contributed by atoms with E-state index in [9.17, 15) is 9.59 Å². The highest BCUT2D eigenvalue weighted by molar-refractivity contribution is 6.42. The summed E-state index contributed by atoms with van der Waals surface area (Å²) in [7, 11) is 0. The molecule has 0 heterocycles. The summed E-state index contributed by atoms with van der Waals surface area (Å²) in [6.45, 7) is 10.1. The number of hydrogen-bond acceptors (Lipinski definition) is 2. The van der Waals surface area contributed by atoms with Crippen LogP contribution in [-0.4, -0.2) is 11.6 Å². The minimum Gasteiger partial charge on any atom is -0.290 e. The summed E-state index contributed by atoms with van der Waals surface area (Å²) >= 11 is 0. The lowest BCUT2D eigenvalue weighted by Gasteiger charge is -2.24. The van der Waals surface area contributed by atoms with Crippen molar-refractivity contribution in [1.29, 1.82) is 0 Å². The van der Waals surface area contributed by atoms with Gasteiger partial charge in [0.15, 0.2) is 0 Å². The second-order valence-corrected chi connectivity index (χ2v) is 6.91. The summed E-state index contributed by atoms with van der Waals surface area (Å²) in [5.41, 5.74) is 3.67. The van der Waals surface area contributed by atoms with Crippen LogP contribution in [0.2, 0.25) is 0 Å². The minimum absolute atomic E-state index is 0.168. The molecule has 0 aromatic heterocycles. The first-order valence-corrected chi connectivity index (χ1v) is 8.35. The van der Waals surface area contributed by atoms with Gasteiger partial charge in [-0.25, -0.2) is 0 Å². The monoisotopic (exact) mass is 302 g/mol. The van der Waals surface area contributed by atoms with E-state index < -0.39 is 0 Å². The van der Waals surface area contributed by atoms with Crippen molar-refractivity contribution in [1.82, 2.24) is 0 Å². The third-order valence-corrected chi connectivity index (χ3v) is 4.51. The highest BCUT2D eigenvalue weighted by atomic mass is 16.2. The first-order valence-electron chi connectivity index (χ1n) is 8.35. The van der Waals surface area contributed by atoms with Gasteiger partial charge in [-0.3, -0.25) is 9.59 Å². The summed E-state index contributed by atoms with van der Waals surface area (Å²) in [5.74, 6) is -0.397. The van der Waals surface area contributed by atoms with E-state index in [1.807, 2.05) is 13.8 Å². The molecule has 22 heavy (non-hydrogen) atoms. The Balaban J connectivity index is 2.56. The maximum atomic E-state index is 12.3. The first-order chi connectivity index (χ1) is 10.3. The molecule has 0 fully saturated rings. The summed E-state index contributed by atoms with van der Waals surface area (Å²) in [5, 5.41) is 0. The molecule has 122 valence electrons. The van der Waals surface area contributed by atoms with Gasteiger partial charge in [-0.2, -0.15) is 0 Å². The van der Waals surface area contributed by atoms with Gasteiger partial charge < -0.3 is 0 Å². The third kappa shape index (κ3) is 6.13. The molecule has 0 saturated heterocycles. The third-order valence-electron chi connectivity index (χ3n) is 4.51. The van der Waals surface area contributed by atoms with Crippen LogP contribution in [0, 0.1) is 11.8 Å². The number of Topliss-reactive ketones (excluding diaryl/α,β-unsaturated/α-hetero) is 1. The Morgan fingerprint density at radius 3 is 2.55 bits per heavy atom. The predicted octanol–water partition coefficient (Wildman–Crippen LogP) is 5.20. The molecule has 1 aliphatic carbocycles. The Bertz CT molecular complexity index is 502. The molecule has 1 aliphatic rings. The average molecular weight is 302 g/mol. The number of carbonyl (C=O) groups excluding carboxylic acids is 2. The molecule has 0 aromatic rings. The van der Waals surface area contributed by atoms with E-state index in [-0.39, 0.29) is 17.5 Å². The Morgan fingerprint density at radius 1 is 1.32 bits per heavy atom. The summed E-state index contributed by atoms with van der Waals surface area (Å²) in [6, 6.07) is 0. The van der Waals surface area contributed by atoms with E-state index in [1.165, 1.54) is 11.1 Å². The van der Waals surface area contributed by atoms with Crippen molar-refractivity contribution < 1.29 is 9.59 Å². The molecule has 0 amide bonds. The Morgan fingerprint density at radius 2 is 2.00 bits per heavy atom. The van der Waals surface area contributed by atoms with Gasteiger partial charge in [-0.05, 0) is 71.8 Å². The fraction of sp³-hybridized carbons (Fsp3) is 0.600. The molecule has 1 rings (SSSR count). The minimum atomic E-state index is -0.325. The number of rotatable bonds is 7. The van der Waals surface area contributed by atoms with Crippen LogP contribution >= 0.6 is 0 Å². The molecule has 0 aliphatic heterocycles. The van der Waals surface area contributed by atoms with Gasteiger partial charge in [0.2, 0.25) is 11.6 Å². The molecule has 0 radical (unpaired) electrons. The van der Waals surface area contributed by atoms with Crippen molar-refractivity contribution in [3.05, 3.63) is 34.9 Å². The van der Waals surface area contributed by atoms with Gasteiger partial charge in [-0.15, -0.1) is 0 Å². The predicted molar refractivity (Wildman–Crippen MR) is 92.7 cm³/mol. The zero-order chi connectivity index (χ0) is 16.7. The Kier molecular flexibility index (Phi) is 7.50. The Labute approximate surface area is 135 Å². The smallest absolute Gasteiger partial charge is 0.221 e. The Hall–Kier alpha value is -1.44. The van der Waals surface area contributed by atoms with Crippen LogP contribution in [0.5, 0.6) is 0 Å². The lowest BCUT2D eigenvalue weighted by Crippen LogP contribution is -2.27. The lowest BCUT2D eigenvalue weighted by molar-refractivity contribution is -0.137. The van der Waals surface area contributed by atoms with Crippen molar-refractivity contribution >= 4 is 11.6 Å². The van der Waals surface area contributed by atoms with Gasteiger partial charge >= 0.3 is 0 Å². The van der Waals surface area contributed by atoms with E-state index in [1.54, 1.807) is 6.08 Å². The fourth-order valence-corrected chi connectivity index (χ4v) is 2.83. The molecule has 0 aromatic carbocycles. The largest absolute Gasteiger partial charge is 0.290 e. The van der Waals surface area contributed by atoms with Gasteiger partial charge in [-0.1, -0.05) is 35.8 Å². The van der Waals surface area contributed by atoms with E-state index in [2.05, 4.69) is 32.9 Å². The van der Waals surface area contributed by atoms with E-state index in [4.69, 9.17) is 0 Å². The number of allylic oxidation sites excluding steroid dienone is 6. The first kappa shape index (κ1) is 18.6. The van der Waals surface area contributed by atoms with Gasteiger partial charge in [0.05, 0.1) is 0 Å². The van der Waals surface area contributed by atoms with E-state index in [0.29, 0.717) is 5.92 Å². The second kappa shape index (κ2) is 8.87.